The first-order valence-corrected chi connectivity index (χ1v) is 12.0. The molecule has 0 aromatic carbocycles. The van der Waals surface area contributed by atoms with Crippen molar-refractivity contribution in [3.8, 4) is 0 Å². The predicted molar refractivity (Wildman–Crippen MR) is 126 cm³/mol. The predicted octanol–water partition coefficient (Wildman–Crippen LogP) is 2.89. The second-order valence-electron chi connectivity index (χ2n) is 9.25. The van der Waals surface area contributed by atoms with Gasteiger partial charge in [-0.1, -0.05) is 6.42 Å². The molecule has 2 aliphatic rings. The summed E-state index contributed by atoms with van der Waals surface area (Å²) in [5.74, 6) is -0.0789. The minimum atomic E-state index is -0.0395. The zero-order valence-corrected chi connectivity index (χ0v) is 20.0. The molecule has 2 N–H and O–H groups in total. The fourth-order valence-corrected chi connectivity index (χ4v) is 3.96. The Morgan fingerprint density at radius 1 is 0.710 bits per heavy atom. The summed E-state index contributed by atoms with van der Waals surface area (Å²) in [7, 11) is 0. The number of rotatable bonds is 10. The number of carbonyl (C=O) groups is 2. The van der Waals surface area contributed by atoms with Gasteiger partial charge in [-0.3, -0.25) is 9.59 Å². The highest BCUT2D eigenvalue weighted by atomic mass is 16.2. The van der Waals surface area contributed by atoms with Crippen LogP contribution in [0.2, 0.25) is 0 Å². The Labute approximate surface area is 187 Å². The molecule has 0 aromatic rings. The second-order valence-corrected chi connectivity index (χ2v) is 9.25. The van der Waals surface area contributed by atoms with Gasteiger partial charge in [-0.25, -0.2) is 10.9 Å². The van der Waals surface area contributed by atoms with E-state index in [9.17, 15) is 9.59 Å². The van der Waals surface area contributed by atoms with Gasteiger partial charge in [-0.05, 0) is 40.5 Å². The molecule has 2 heterocycles. The van der Waals surface area contributed by atoms with Gasteiger partial charge in [0.1, 0.15) is 0 Å². The average molecular weight is 435 g/mol. The normalized spacial score (nSPS) is 18.4. The van der Waals surface area contributed by atoms with Crippen LogP contribution >= 0.6 is 0 Å². The van der Waals surface area contributed by atoms with Crippen LogP contribution in [0.1, 0.15) is 85.5 Å². The minimum absolute atomic E-state index is 0.0395. The van der Waals surface area contributed by atoms with Gasteiger partial charge >= 0.3 is 0 Å². The van der Waals surface area contributed by atoms with E-state index in [-0.39, 0.29) is 11.8 Å². The van der Waals surface area contributed by atoms with Crippen molar-refractivity contribution in [3.63, 3.8) is 0 Å². The van der Waals surface area contributed by atoms with Crippen LogP contribution in [0.25, 0.3) is 0 Å². The van der Waals surface area contributed by atoms with Crippen LogP contribution < -0.4 is 10.9 Å². The van der Waals surface area contributed by atoms with E-state index in [0.717, 1.165) is 82.5 Å². The maximum atomic E-state index is 12.0. The molecular weight excluding hydrogens is 392 g/mol. The first kappa shape index (κ1) is 25.5. The zero-order chi connectivity index (χ0) is 22.6. The van der Waals surface area contributed by atoms with Crippen molar-refractivity contribution in [2.75, 3.05) is 26.2 Å². The topological polar surface area (TPSA) is 89.4 Å². The van der Waals surface area contributed by atoms with E-state index in [1.165, 1.54) is 0 Å². The number of nitrogens with zero attached hydrogens (tertiary/aromatic N) is 4. The number of hydrazone groups is 2. The van der Waals surface area contributed by atoms with Crippen LogP contribution in [0.5, 0.6) is 0 Å². The number of piperidine rings is 2. The number of hydrogen-bond acceptors (Lipinski definition) is 6. The Bertz CT molecular complexity index is 570. The summed E-state index contributed by atoms with van der Waals surface area (Å²) in [5.41, 5.74) is 7.55. The number of unbranched alkanes of at least 4 members (excludes halogenated alkanes) is 2. The largest absolute Gasteiger partial charge is 0.300 e. The number of carbonyl (C=O) groups excluding carboxylic acids is 2. The molecule has 0 spiro atoms. The Balaban J connectivity index is 1.50. The third kappa shape index (κ3) is 9.91. The maximum Gasteiger partial charge on any atom is 0.240 e. The Hall–Kier alpha value is -1.80. The molecule has 2 amide bonds. The average Bonchev–Trinajstić information content (AvgIpc) is 2.76. The summed E-state index contributed by atoms with van der Waals surface area (Å²) in [4.78, 5) is 28.8. The third-order valence-corrected chi connectivity index (χ3v) is 6.20. The van der Waals surface area contributed by atoms with Crippen molar-refractivity contribution < 1.29 is 9.59 Å². The lowest BCUT2D eigenvalue weighted by Gasteiger charge is -2.30. The first-order valence-electron chi connectivity index (χ1n) is 12.0. The highest BCUT2D eigenvalue weighted by Gasteiger charge is 2.18. The van der Waals surface area contributed by atoms with Gasteiger partial charge in [0.05, 0.1) is 0 Å². The van der Waals surface area contributed by atoms with Gasteiger partial charge < -0.3 is 9.80 Å². The molecular formula is C23H42N6O2. The van der Waals surface area contributed by atoms with Crippen molar-refractivity contribution in [2.24, 2.45) is 10.2 Å². The van der Waals surface area contributed by atoms with Gasteiger partial charge in [0.25, 0.3) is 0 Å². The summed E-state index contributed by atoms with van der Waals surface area (Å²) in [5, 5.41) is 8.59. The smallest absolute Gasteiger partial charge is 0.240 e. The van der Waals surface area contributed by atoms with E-state index in [2.05, 4.69) is 58.5 Å². The molecule has 2 fully saturated rings. The van der Waals surface area contributed by atoms with Crippen LogP contribution in [-0.4, -0.2) is 71.3 Å². The number of hydrogen-bond donors (Lipinski definition) is 2. The molecule has 31 heavy (non-hydrogen) atoms. The van der Waals surface area contributed by atoms with Crippen molar-refractivity contribution in [3.05, 3.63) is 0 Å². The highest BCUT2D eigenvalue weighted by Crippen LogP contribution is 2.11. The number of likely N-dealkylation sites (tertiary alicyclic amines) is 2. The molecule has 176 valence electrons. The minimum Gasteiger partial charge on any atom is -0.300 e. The van der Waals surface area contributed by atoms with E-state index >= 15 is 0 Å². The van der Waals surface area contributed by atoms with Crippen LogP contribution in [0, 0.1) is 0 Å². The molecule has 2 saturated heterocycles. The van der Waals surface area contributed by atoms with Gasteiger partial charge in [0, 0.05) is 88.2 Å². The lowest BCUT2D eigenvalue weighted by Crippen LogP contribution is -2.39. The third-order valence-electron chi connectivity index (χ3n) is 6.20. The molecule has 0 unspecified atom stereocenters. The summed E-state index contributed by atoms with van der Waals surface area (Å²) in [6, 6.07) is 1.13. The van der Waals surface area contributed by atoms with Crippen molar-refractivity contribution >= 4 is 23.2 Å². The Morgan fingerprint density at radius 3 is 1.39 bits per heavy atom. The Kier molecular flexibility index (Phi) is 11.2. The van der Waals surface area contributed by atoms with Crippen LogP contribution in [0.15, 0.2) is 10.2 Å². The quantitative estimate of drug-likeness (QED) is 0.409. The van der Waals surface area contributed by atoms with Gasteiger partial charge in [-0.15, -0.1) is 0 Å². The molecule has 2 rings (SSSR count). The SMILES string of the molecule is CC(C)N1CCC(=NNC(=O)CCCCCC(=O)NN=C2CCN(C(C)C)CC2)CC1. The summed E-state index contributed by atoms with van der Waals surface area (Å²) >= 11 is 0. The standard InChI is InChI=1S/C23H42N6O2/c1-18(2)28-14-10-20(11-15-28)24-26-22(30)8-6-5-7-9-23(31)27-25-21-12-16-29(17-13-21)19(3)4/h18-19H,5-17H2,1-4H3,(H,26,30)(H,27,31). The molecule has 8 heteroatoms. The van der Waals surface area contributed by atoms with Crippen molar-refractivity contribution in [1.82, 2.24) is 20.7 Å². The fraction of sp³-hybridized carbons (Fsp3) is 0.826. The lowest BCUT2D eigenvalue weighted by molar-refractivity contribution is -0.121. The summed E-state index contributed by atoms with van der Waals surface area (Å²) in [6.45, 7) is 12.9. The van der Waals surface area contributed by atoms with Gasteiger partial charge in [0.15, 0.2) is 0 Å². The van der Waals surface area contributed by atoms with Crippen LogP contribution in [0.4, 0.5) is 0 Å². The van der Waals surface area contributed by atoms with Crippen molar-refractivity contribution in [2.45, 2.75) is 97.6 Å². The highest BCUT2D eigenvalue weighted by molar-refractivity contribution is 5.87. The first-order chi connectivity index (χ1) is 14.8. The van der Waals surface area contributed by atoms with E-state index in [1.54, 1.807) is 0 Å². The molecule has 2 aliphatic heterocycles. The Morgan fingerprint density at radius 2 is 1.06 bits per heavy atom. The zero-order valence-electron chi connectivity index (χ0n) is 20.0. The second kappa shape index (κ2) is 13.6. The summed E-state index contributed by atoms with van der Waals surface area (Å²) in [6.07, 6.45) is 6.98. The van der Waals surface area contributed by atoms with Crippen molar-refractivity contribution in [1.29, 1.82) is 0 Å². The molecule has 0 aromatic heterocycles. The van der Waals surface area contributed by atoms with Crippen LogP contribution in [-0.2, 0) is 9.59 Å². The molecule has 0 radical (unpaired) electrons. The van der Waals surface area contributed by atoms with E-state index in [4.69, 9.17) is 0 Å². The van der Waals surface area contributed by atoms with Crippen LogP contribution in [0.3, 0.4) is 0 Å². The summed E-state index contributed by atoms with van der Waals surface area (Å²) < 4.78 is 0. The van der Waals surface area contributed by atoms with E-state index in [0.29, 0.717) is 24.9 Å². The lowest BCUT2D eigenvalue weighted by atomic mass is 10.1. The van der Waals surface area contributed by atoms with Gasteiger partial charge in [-0.2, -0.15) is 10.2 Å². The van der Waals surface area contributed by atoms with Gasteiger partial charge in [0.2, 0.25) is 11.8 Å². The number of amides is 2. The molecule has 0 bridgehead atoms. The molecule has 8 nitrogen and oxygen atoms in total. The monoisotopic (exact) mass is 434 g/mol. The molecule has 0 saturated carbocycles. The maximum absolute atomic E-state index is 12.0. The van der Waals surface area contributed by atoms with E-state index < -0.39 is 0 Å². The number of nitrogens with one attached hydrogen (secondary N) is 2. The fourth-order valence-electron chi connectivity index (χ4n) is 3.96. The van der Waals surface area contributed by atoms with E-state index in [1.807, 2.05) is 0 Å². The molecule has 0 aliphatic carbocycles. The molecule has 0 atom stereocenters.